The van der Waals surface area contributed by atoms with Crippen LogP contribution in [0.3, 0.4) is 0 Å². The summed E-state index contributed by atoms with van der Waals surface area (Å²) in [5.74, 6) is -0.475. The average Bonchev–Trinajstić information content (AvgIpc) is 3.42. The summed E-state index contributed by atoms with van der Waals surface area (Å²) in [6.07, 6.45) is 0.210. The highest BCUT2D eigenvalue weighted by atomic mass is 32.1. The van der Waals surface area contributed by atoms with Crippen LogP contribution in [-0.4, -0.2) is 23.3 Å². The number of aromatic nitrogens is 1. The maximum atomic E-state index is 13.9. The Labute approximate surface area is 203 Å². The Hall–Kier alpha value is -3.51. The topological polar surface area (TPSA) is 53.5 Å². The number of anilines is 2. The molecule has 0 bridgehead atoms. The van der Waals surface area contributed by atoms with Crippen molar-refractivity contribution in [3.8, 4) is 0 Å². The van der Waals surface area contributed by atoms with Gasteiger partial charge in [-0.3, -0.25) is 14.5 Å². The molecule has 1 fully saturated rings. The van der Waals surface area contributed by atoms with Crippen molar-refractivity contribution < 1.29 is 9.59 Å². The Bertz CT molecular complexity index is 1380. The molecule has 3 aromatic carbocycles. The number of amides is 2. The molecule has 172 valence electrons. The van der Waals surface area contributed by atoms with Crippen molar-refractivity contribution in [1.82, 2.24) is 4.98 Å². The van der Waals surface area contributed by atoms with E-state index in [1.807, 2.05) is 74.5 Å². The van der Waals surface area contributed by atoms with Gasteiger partial charge in [-0.15, -0.1) is 0 Å². The van der Waals surface area contributed by atoms with Crippen LogP contribution in [0.25, 0.3) is 10.2 Å². The SMILES string of the molecule is Cc1ccc2nc(N(Cc3ccccc3)C(=O)[C@H]3CC(=O)N(c4cccc(C)c4C)C3)sc2c1. The molecule has 1 aromatic heterocycles. The molecule has 0 unspecified atom stereocenters. The lowest BCUT2D eigenvalue weighted by Crippen LogP contribution is -2.37. The highest BCUT2D eigenvalue weighted by Gasteiger charge is 2.39. The van der Waals surface area contributed by atoms with Gasteiger partial charge in [0.05, 0.1) is 22.7 Å². The summed E-state index contributed by atoms with van der Waals surface area (Å²) >= 11 is 1.52. The van der Waals surface area contributed by atoms with Crippen molar-refractivity contribution in [2.75, 3.05) is 16.3 Å². The summed E-state index contributed by atoms with van der Waals surface area (Å²) in [5, 5.41) is 0.673. The van der Waals surface area contributed by atoms with E-state index in [9.17, 15) is 9.59 Å². The molecule has 1 aliphatic heterocycles. The number of carbonyl (C=O) groups excluding carboxylic acids is 2. The van der Waals surface area contributed by atoms with E-state index in [0.717, 1.165) is 38.2 Å². The van der Waals surface area contributed by atoms with E-state index < -0.39 is 5.92 Å². The van der Waals surface area contributed by atoms with Crippen molar-refractivity contribution in [2.45, 2.75) is 33.7 Å². The second-order valence-electron chi connectivity index (χ2n) is 9.00. The van der Waals surface area contributed by atoms with Crippen LogP contribution >= 0.6 is 11.3 Å². The van der Waals surface area contributed by atoms with E-state index in [4.69, 9.17) is 4.98 Å². The van der Waals surface area contributed by atoms with Gasteiger partial charge in [0.2, 0.25) is 11.8 Å². The normalized spacial score (nSPS) is 15.8. The van der Waals surface area contributed by atoms with Gasteiger partial charge in [-0.25, -0.2) is 4.98 Å². The molecule has 5 nitrogen and oxygen atoms in total. The summed E-state index contributed by atoms with van der Waals surface area (Å²) in [5.41, 5.74) is 6.18. The van der Waals surface area contributed by atoms with E-state index in [1.165, 1.54) is 11.3 Å². The van der Waals surface area contributed by atoms with Crippen molar-refractivity contribution in [2.24, 2.45) is 5.92 Å². The number of aryl methyl sites for hydroxylation is 2. The Balaban J connectivity index is 1.47. The fraction of sp³-hybridized carbons (Fsp3) is 0.250. The molecule has 34 heavy (non-hydrogen) atoms. The van der Waals surface area contributed by atoms with Crippen LogP contribution in [0, 0.1) is 26.7 Å². The van der Waals surface area contributed by atoms with E-state index in [0.29, 0.717) is 18.2 Å². The highest BCUT2D eigenvalue weighted by molar-refractivity contribution is 7.22. The third-order valence-corrected chi connectivity index (χ3v) is 7.60. The molecular weight excluding hydrogens is 442 g/mol. The molecule has 6 heteroatoms. The molecule has 2 amide bonds. The van der Waals surface area contributed by atoms with Crippen LogP contribution in [-0.2, 0) is 16.1 Å². The summed E-state index contributed by atoms with van der Waals surface area (Å²) in [6, 6.07) is 22.0. The van der Waals surface area contributed by atoms with Crippen LogP contribution in [0.1, 0.15) is 28.7 Å². The zero-order chi connectivity index (χ0) is 23.8. The van der Waals surface area contributed by atoms with Gasteiger partial charge < -0.3 is 4.90 Å². The number of carbonyl (C=O) groups is 2. The molecule has 0 aliphatic carbocycles. The second kappa shape index (κ2) is 9.03. The summed E-state index contributed by atoms with van der Waals surface area (Å²) in [4.78, 5) is 35.2. The first kappa shape index (κ1) is 22.3. The molecule has 1 aliphatic rings. The number of hydrogen-bond acceptors (Lipinski definition) is 4. The van der Waals surface area contributed by atoms with Gasteiger partial charge in [-0.05, 0) is 61.2 Å². The third kappa shape index (κ3) is 4.21. The van der Waals surface area contributed by atoms with Crippen LogP contribution in [0.5, 0.6) is 0 Å². The quantitative estimate of drug-likeness (QED) is 0.371. The Morgan fingerprint density at radius 2 is 1.85 bits per heavy atom. The van der Waals surface area contributed by atoms with Gasteiger partial charge >= 0.3 is 0 Å². The van der Waals surface area contributed by atoms with Crippen molar-refractivity contribution in [3.05, 3.63) is 89.0 Å². The number of nitrogens with zero attached hydrogens (tertiary/aromatic N) is 3. The van der Waals surface area contributed by atoms with Gasteiger partial charge in [0.15, 0.2) is 5.13 Å². The van der Waals surface area contributed by atoms with Gasteiger partial charge in [0.25, 0.3) is 0 Å². The lowest BCUT2D eigenvalue weighted by molar-refractivity contribution is -0.124. The van der Waals surface area contributed by atoms with Crippen LogP contribution in [0.15, 0.2) is 66.7 Å². The van der Waals surface area contributed by atoms with Crippen LogP contribution in [0.4, 0.5) is 10.8 Å². The number of rotatable bonds is 5. The molecule has 5 rings (SSSR count). The molecule has 0 spiro atoms. The summed E-state index contributed by atoms with van der Waals surface area (Å²) in [7, 11) is 0. The minimum Gasteiger partial charge on any atom is -0.311 e. The first-order chi connectivity index (χ1) is 16.4. The Kier molecular flexibility index (Phi) is 5.92. The number of thiazole rings is 1. The molecule has 0 N–H and O–H groups in total. The van der Waals surface area contributed by atoms with Gasteiger partial charge in [0, 0.05) is 18.7 Å². The van der Waals surface area contributed by atoms with E-state index in [-0.39, 0.29) is 18.2 Å². The fourth-order valence-corrected chi connectivity index (χ4v) is 5.56. The van der Waals surface area contributed by atoms with E-state index in [2.05, 4.69) is 13.0 Å². The van der Waals surface area contributed by atoms with Gasteiger partial charge in [-0.1, -0.05) is 59.9 Å². The first-order valence-corrected chi connectivity index (χ1v) is 12.3. The fourth-order valence-electron chi connectivity index (χ4n) is 4.50. The zero-order valence-electron chi connectivity index (χ0n) is 19.6. The average molecular weight is 470 g/mol. The summed E-state index contributed by atoms with van der Waals surface area (Å²) in [6.45, 7) is 6.93. The van der Waals surface area contributed by atoms with Crippen LogP contribution in [0.2, 0.25) is 0 Å². The second-order valence-corrected chi connectivity index (χ2v) is 10.0. The zero-order valence-corrected chi connectivity index (χ0v) is 20.4. The largest absolute Gasteiger partial charge is 0.311 e. The minimum atomic E-state index is -0.412. The predicted octanol–water partition coefficient (Wildman–Crippen LogP) is 5.81. The first-order valence-electron chi connectivity index (χ1n) is 11.5. The Morgan fingerprint density at radius 1 is 1.06 bits per heavy atom. The smallest absolute Gasteiger partial charge is 0.234 e. The monoisotopic (exact) mass is 469 g/mol. The number of fused-ring (bicyclic) bond motifs is 1. The number of benzene rings is 3. The lowest BCUT2D eigenvalue weighted by atomic mass is 10.1. The third-order valence-electron chi connectivity index (χ3n) is 6.55. The molecular formula is C28H27N3O2S. The molecule has 2 heterocycles. The van der Waals surface area contributed by atoms with E-state index >= 15 is 0 Å². The maximum absolute atomic E-state index is 13.9. The maximum Gasteiger partial charge on any atom is 0.234 e. The van der Waals surface area contributed by atoms with Crippen molar-refractivity contribution in [1.29, 1.82) is 0 Å². The standard InChI is InChI=1S/C28H27N3O2S/c1-18-12-13-23-25(14-18)34-28(29-23)31(16-21-9-5-4-6-10-21)27(33)22-15-26(32)30(17-22)24-11-7-8-19(2)20(24)3/h4-14,22H,15-17H2,1-3H3/t22-/m0/s1. The number of hydrogen-bond donors (Lipinski definition) is 0. The minimum absolute atomic E-state index is 0.00774. The molecule has 4 aromatic rings. The Morgan fingerprint density at radius 3 is 2.65 bits per heavy atom. The van der Waals surface area contributed by atoms with E-state index in [1.54, 1.807) is 9.80 Å². The highest BCUT2D eigenvalue weighted by Crippen LogP contribution is 2.34. The predicted molar refractivity (Wildman–Crippen MR) is 138 cm³/mol. The van der Waals surface area contributed by atoms with Gasteiger partial charge in [-0.2, -0.15) is 0 Å². The lowest BCUT2D eigenvalue weighted by Gasteiger charge is -2.24. The van der Waals surface area contributed by atoms with Crippen LogP contribution < -0.4 is 9.80 Å². The van der Waals surface area contributed by atoms with Gasteiger partial charge in [0.1, 0.15) is 0 Å². The summed E-state index contributed by atoms with van der Waals surface area (Å²) < 4.78 is 1.06. The molecule has 0 saturated carbocycles. The molecule has 0 radical (unpaired) electrons. The van der Waals surface area contributed by atoms with Crippen molar-refractivity contribution >= 4 is 44.2 Å². The molecule has 1 atom stereocenters. The molecule has 1 saturated heterocycles. The van der Waals surface area contributed by atoms with Crippen molar-refractivity contribution in [3.63, 3.8) is 0 Å².